The van der Waals surface area contributed by atoms with E-state index in [9.17, 15) is 9.90 Å². The van der Waals surface area contributed by atoms with Gasteiger partial charge in [0.1, 0.15) is 0 Å². The van der Waals surface area contributed by atoms with E-state index < -0.39 is 0 Å². The van der Waals surface area contributed by atoms with Crippen LogP contribution in [-0.2, 0) is 4.79 Å². The van der Waals surface area contributed by atoms with E-state index in [1.807, 2.05) is 36.1 Å². The first-order chi connectivity index (χ1) is 9.70. The van der Waals surface area contributed by atoms with Gasteiger partial charge in [0.2, 0.25) is 0 Å². The second kappa shape index (κ2) is 6.64. The van der Waals surface area contributed by atoms with Crippen LogP contribution in [0.1, 0.15) is 18.4 Å². The van der Waals surface area contributed by atoms with Crippen LogP contribution >= 0.6 is 0 Å². The number of hydrogen-bond donors (Lipinski definition) is 0. The predicted molar refractivity (Wildman–Crippen MR) is 75.0 cm³/mol. The minimum absolute atomic E-state index is 0. The molecule has 0 atom stereocenters. The van der Waals surface area contributed by atoms with Crippen molar-refractivity contribution in [3.8, 4) is 0 Å². The van der Waals surface area contributed by atoms with Crippen molar-refractivity contribution in [2.45, 2.75) is 19.8 Å². The maximum atomic E-state index is 12.3. The van der Waals surface area contributed by atoms with Crippen LogP contribution in [0.2, 0.25) is 0 Å². The Balaban J connectivity index is 0.00000161. The number of carbonyl (C=O) groups excluding carboxylic acids is 1. The first-order valence-corrected chi connectivity index (χ1v) is 6.78. The van der Waals surface area contributed by atoms with Crippen LogP contribution in [-0.4, -0.2) is 29.7 Å². The molecule has 1 fully saturated rings. The van der Waals surface area contributed by atoms with Crippen molar-refractivity contribution in [3.63, 3.8) is 0 Å². The van der Waals surface area contributed by atoms with Crippen molar-refractivity contribution >= 4 is 17.4 Å². The summed E-state index contributed by atoms with van der Waals surface area (Å²) in [4.78, 5) is 14.3. The fourth-order valence-corrected chi connectivity index (χ4v) is 2.53. The van der Waals surface area contributed by atoms with Gasteiger partial charge in [0.25, 0.3) is 5.91 Å². The fraction of sp³-hybridized carbons (Fsp3) is 0.333. The van der Waals surface area contributed by atoms with E-state index in [-0.39, 0.29) is 41.0 Å². The summed E-state index contributed by atoms with van der Waals surface area (Å²) in [5, 5.41) is 16.9. The standard InChI is InChI=1S/C15H17N3O2.Na/c1-11-4-6-12(7-5-11)18-15(20)13(10-19)14(16-18)17-8-2-3-9-17;/h4-7,10,19H,2-3,8-9H2,1H3;/q;+1/p-1/b13-10+;. The molecule has 21 heavy (non-hydrogen) atoms. The Hall–Kier alpha value is -1.30. The molecule has 1 aromatic carbocycles. The minimum atomic E-state index is -0.342. The summed E-state index contributed by atoms with van der Waals surface area (Å²) in [5.41, 5.74) is 1.96. The Morgan fingerprint density at radius 2 is 1.81 bits per heavy atom. The van der Waals surface area contributed by atoms with Gasteiger partial charge in [-0.2, -0.15) is 5.01 Å². The van der Waals surface area contributed by atoms with Gasteiger partial charge in [0.15, 0.2) is 5.84 Å². The number of hydrogen-bond acceptors (Lipinski definition) is 4. The largest absolute Gasteiger partial charge is 1.00 e. The SMILES string of the molecule is Cc1ccc(N2N=C(N3CCCC3)/C(=C\[O-])C2=O)cc1.[Na+]. The van der Waals surface area contributed by atoms with Gasteiger partial charge in [0, 0.05) is 13.1 Å². The van der Waals surface area contributed by atoms with Gasteiger partial charge >= 0.3 is 29.6 Å². The second-order valence-corrected chi connectivity index (χ2v) is 5.10. The number of nitrogens with zero attached hydrogens (tertiary/aromatic N) is 3. The molecule has 0 unspecified atom stereocenters. The Bertz CT molecular complexity index is 589. The monoisotopic (exact) mass is 293 g/mol. The summed E-state index contributed by atoms with van der Waals surface area (Å²) >= 11 is 0. The van der Waals surface area contributed by atoms with Crippen LogP contribution in [0, 0.1) is 6.92 Å². The van der Waals surface area contributed by atoms with Crippen LogP contribution in [0.5, 0.6) is 0 Å². The van der Waals surface area contributed by atoms with E-state index >= 15 is 0 Å². The van der Waals surface area contributed by atoms with Gasteiger partial charge in [-0.25, -0.2) is 0 Å². The summed E-state index contributed by atoms with van der Waals surface area (Å²) in [6.07, 6.45) is 2.77. The Kier molecular flexibility index (Phi) is 5.08. The molecule has 3 rings (SSSR count). The zero-order valence-electron chi connectivity index (χ0n) is 12.4. The summed E-state index contributed by atoms with van der Waals surface area (Å²) in [7, 11) is 0. The molecule has 104 valence electrons. The molecule has 0 radical (unpaired) electrons. The van der Waals surface area contributed by atoms with Crippen molar-refractivity contribution in [1.82, 2.24) is 4.90 Å². The van der Waals surface area contributed by atoms with Gasteiger partial charge in [0.05, 0.1) is 11.3 Å². The summed E-state index contributed by atoms with van der Waals surface area (Å²) < 4.78 is 0. The molecule has 2 aliphatic heterocycles. The molecule has 5 nitrogen and oxygen atoms in total. The average Bonchev–Trinajstić information content (AvgIpc) is 3.07. The number of rotatable bonds is 1. The smallest absolute Gasteiger partial charge is 0.877 e. The zero-order chi connectivity index (χ0) is 14.1. The van der Waals surface area contributed by atoms with Gasteiger partial charge < -0.3 is 10.0 Å². The van der Waals surface area contributed by atoms with Gasteiger partial charge in [-0.05, 0) is 31.9 Å². The number of amides is 1. The molecule has 2 heterocycles. The first kappa shape index (κ1) is 16.1. The number of amidine groups is 1. The molecule has 1 aromatic rings. The molecule has 0 spiro atoms. The van der Waals surface area contributed by atoms with Gasteiger partial charge in [-0.3, -0.25) is 4.79 Å². The zero-order valence-corrected chi connectivity index (χ0v) is 14.4. The molecule has 0 saturated carbocycles. The predicted octanol–water partition coefficient (Wildman–Crippen LogP) is -2.00. The molecule has 2 aliphatic rings. The van der Waals surface area contributed by atoms with E-state index in [2.05, 4.69) is 5.10 Å². The van der Waals surface area contributed by atoms with Gasteiger partial charge in [-0.1, -0.05) is 17.7 Å². The quantitative estimate of drug-likeness (QED) is 0.342. The summed E-state index contributed by atoms with van der Waals surface area (Å²) in [6.45, 7) is 3.69. The van der Waals surface area contributed by atoms with Crippen molar-refractivity contribution in [2.24, 2.45) is 5.10 Å². The topological polar surface area (TPSA) is 59.0 Å². The van der Waals surface area contributed by atoms with Crippen LogP contribution in [0.4, 0.5) is 5.69 Å². The van der Waals surface area contributed by atoms with E-state index in [0.717, 1.165) is 31.5 Å². The third-order valence-electron chi connectivity index (χ3n) is 3.66. The number of carbonyl (C=O) groups is 1. The molecule has 1 amide bonds. The van der Waals surface area contributed by atoms with Crippen LogP contribution in [0.25, 0.3) is 0 Å². The number of aryl methyl sites for hydroxylation is 1. The number of benzene rings is 1. The molecule has 0 bridgehead atoms. The second-order valence-electron chi connectivity index (χ2n) is 5.10. The van der Waals surface area contributed by atoms with Crippen molar-refractivity contribution in [2.75, 3.05) is 18.1 Å². The van der Waals surface area contributed by atoms with Crippen LogP contribution < -0.4 is 39.7 Å². The maximum Gasteiger partial charge on any atom is 1.00 e. The van der Waals surface area contributed by atoms with Crippen molar-refractivity contribution in [1.29, 1.82) is 0 Å². The van der Waals surface area contributed by atoms with E-state index in [1.165, 1.54) is 5.01 Å². The summed E-state index contributed by atoms with van der Waals surface area (Å²) in [6, 6.07) is 7.53. The molecule has 0 aromatic heterocycles. The molecule has 0 N–H and O–H groups in total. The Morgan fingerprint density at radius 3 is 2.38 bits per heavy atom. The van der Waals surface area contributed by atoms with E-state index in [0.29, 0.717) is 17.8 Å². The van der Waals surface area contributed by atoms with Crippen molar-refractivity contribution < 1.29 is 39.5 Å². The van der Waals surface area contributed by atoms with Crippen molar-refractivity contribution in [3.05, 3.63) is 41.7 Å². The van der Waals surface area contributed by atoms with Gasteiger partial charge in [-0.15, -0.1) is 11.4 Å². The van der Waals surface area contributed by atoms with Crippen LogP contribution in [0.3, 0.4) is 0 Å². The number of hydrazone groups is 1. The Morgan fingerprint density at radius 1 is 1.19 bits per heavy atom. The fourth-order valence-electron chi connectivity index (χ4n) is 2.53. The number of likely N-dealkylation sites (tertiary alicyclic amines) is 1. The normalized spacial score (nSPS) is 20.0. The Labute approximate surface area is 146 Å². The molecular weight excluding hydrogens is 277 g/mol. The minimum Gasteiger partial charge on any atom is -0.877 e. The first-order valence-electron chi connectivity index (χ1n) is 6.78. The van der Waals surface area contributed by atoms with Crippen LogP contribution in [0.15, 0.2) is 41.2 Å². The molecular formula is C15H16N3NaO2. The number of anilines is 1. The van der Waals surface area contributed by atoms with E-state index in [1.54, 1.807) is 0 Å². The molecule has 1 saturated heterocycles. The third-order valence-corrected chi connectivity index (χ3v) is 3.66. The average molecular weight is 293 g/mol. The maximum absolute atomic E-state index is 12.3. The molecule has 6 heteroatoms. The van der Waals surface area contributed by atoms with E-state index in [4.69, 9.17) is 0 Å². The molecule has 0 aliphatic carbocycles. The third kappa shape index (κ3) is 3.00. The summed E-state index contributed by atoms with van der Waals surface area (Å²) in [5.74, 6) is 0.175.